The first-order chi connectivity index (χ1) is 13.3. The molecule has 1 heterocycles. The van der Waals surface area contributed by atoms with Gasteiger partial charge in [0.2, 0.25) is 0 Å². The smallest absolute Gasteiger partial charge is 0.136 e. The van der Waals surface area contributed by atoms with E-state index >= 15 is 0 Å². The highest BCUT2D eigenvalue weighted by molar-refractivity contribution is 7.90. The van der Waals surface area contributed by atoms with Crippen LogP contribution in [-0.4, -0.2) is 45.3 Å². The van der Waals surface area contributed by atoms with Crippen molar-refractivity contribution >= 4 is 11.4 Å². The van der Waals surface area contributed by atoms with Crippen molar-refractivity contribution in [3.05, 3.63) is 66.0 Å². The second-order valence-corrected chi connectivity index (χ2v) is 9.50. The van der Waals surface area contributed by atoms with E-state index in [1.54, 1.807) is 31.5 Å². The Morgan fingerprint density at radius 3 is 2.39 bits per heavy atom. The molecule has 2 aromatic rings. The van der Waals surface area contributed by atoms with Gasteiger partial charge >= 0.3 is 0 Å². The molecule has 0 saturated carbocycles. The zero-order valence-electron chi connectivity index (χ0n) is 16.9. The molecule has 1 aromatic carbocycles. The van der Waals surface area contributed by atoms with Gasteiger partial charge in [0.1, 0.15) is 23.0 Å². The monoisotopic (exact) mass is 406 g/mol. The van der Waals surface area contributed by atoms with E-state index in [0.717, 1.165) is 5.56 Å². The maximum absolute atomic E-state index is 12.7. The Labute approximate surface area is 170 Å². The minimum Gasteiger partial charge on any atom is -0.598 e. The fourth-order valence-corrected chi connectivity index (χ4v) is 3.45. The van der Waals surface area contributed by atoms with Crippen LogP contribution in [0.15, 0.2) is 54.7 Å². The van der Waals surface area contributed by atoms with E-state index in [0.29, 0.717) is 12.3 Å². The van der Waals surface area contributed by atoms with Crippen LogP contribution in [0.3, 0.4) is 0 Å². The number of hydrogen-bond donors (Lipinski definition) is 2. The van der Waals surface area contributed by atoms with E-state index in [4.69, 9.17) is 9.47 Å². The summed E-state index contributed by atoms with van der Waals surface area (Å²) < 4.78 is 26.6. The molecule has 154 valence electrons. The largest absolute Gasteiger partial charge is 0.598 e. The highest BCUT2D eigenvalue weighted by Gasteiger charge is 2.38. The van der Waals surface area contributed by atoms with E-state index in [-0.39, 0.29) is 6.61 Å². The normalized spacial score (nSPS) is 16.4. The van der Waals surface area contributed by atoms with E-state index < -0.39 is 34.4 Å². The Morgan fingerprint density at radius 1 is 1.14 bits per heavy atom. The Kier molecular flexibility index (Phi) is 8.88. The third kappa shape index (κ3) is 6.84. The van der Waals surface area contributed by atoms with Gasteiger partial charge in [-0.2, -0.15) is 0 Å². The predicted octanol–water partition coefficient (Wildman–Crippen LogP) is 2.77. The summed E-state index contributed by atoms with van der Waals surface area (Å²) in [6.45, 7) is 6.26. The second kappa shape index (κ2) is 10.9. The number of nitrogens with zero attached hydrogens (tertiary/aromatic N) is 1. The summed E-state index contributed by atoms with van der Waals surface area (Å²) >= 11 is -1.40. The molecule has 2 rings (SSSR count). The molecule has 0 fully saturated rings. The van der Waals surface area contributed by atoms with E-state index in [1.807, 2.05) is 51.1 Å². The van der Waals surface area contributed by atoms with Crippen LogP contribution in [0.1, 0.15) is 38.1 Å². The molecule has 6 nitrogen and oxygen atoms in total. The topological polar surface area (TPSA) is 86.7 Å². The highest BCUT2D eigenvalue weighted by Crippen LogP contribution is 2.23. The first-order valence-corrected chi connectivity index (χ1v) is 10.4. The molecule has 0 aliphatic heterocycles. The van der Waals surface area contributed by atoms with Gasteiger partial charge in [-0.15, -0.1) is 4.72 Å². The van der Waals surface area contributed by atoms with Crippen LogP contribution in [0.5, 0.6) is 0 Å². The molecule has 0 bridgehead atoms. The van der Waals surface area contributed by atoms with E-state index in [2.05, 4.69) is 9.71 Å². The summed E-state index contributed by atoms with van der Waals surface area (Å²) in [5.74, 6) is 0. The fourth-order valence-electron chi connectivity index (χ4n) is 2.56. The van der Waals surface area contributed by atoms with Gasteiger partial charge in [-0.05, 0) is 38.5 Å². The lowest BCUT2D eigenvalue weighted by Gasteiger charge is -2.33. The van der Waals surface area contributed by atoms with E-state index in [9.17, 15) is 9.66 Å². The summed E-state index contributed by atoms with van der Waals surface area (Å²) in [6, 6.07) is 14.5. The Morgan fingerprint density at radius 2 is 1.82 bits per heavy atom. The van der Waals surface area contributed by atoms with Gasteiger partial charge in [0.05, 0.1) is 18.9 Å². The SMILES string of the molecule is CO[C@H](COCc1ccccc1)[C@H](N[S@+]([O-])C(C)(C)C)[C@@H](O)c1ccccn1. The molecule has 0 unspecified atom stereocenters. The van der Waals surface area contributed by atoms with Gasteiger partial charge in [-0.1, -0.05) is 36.4 Å². The maximum atomic E-state index is 12.7. The van der Waals surface area contributed by atoms with Crippen LogP contribution in [-0.2, 0) is 27.4 Å². The number of aliphatic hydroxyl groups excluding tert-OH is 1. The lowest BCUT2D eigenvalue weighted by atomic mass is 10.0. The van der Waals surface area contributed by atoms with Crippen molar-refractivity contribution < 1.29 is 19.1 Å². The van der Waals surface area contributed by atoms with Crippen LogP contribution in [0, 0.1) is 0 Å². The van der Waals surface area contributed by atoms with Crippen molar-refractivity contribution in [1.82, 2.24) is 9.71 Å². The number of pyridine rings is 1. The van der Waals surface area contributed by atoms with Crippen molar-refractivity contribution in [1.29, 1.82) is 0 Å². The molecule has 0 aliphatic carbocycles. The quantitative estimate of drug-likeness (QED) is 0.590. The third-order valence-electron chi connectivity index (χ3n) is 4.23. The zero-order valence-corrected chi connectivity index (χ0v) is 17.7. The molecule has 2 N–H and O–H groups in total. The molecule has 0 amide bonds. The maximum Gasteiger partial charge on any atom is 0.136 e. The first-order valence-electron chi connectivity index (χ1n) is 9.24. The molecule has 4 atom stereocenters. The molecule has 0 radical (unpaired) electrons. The average Bonchev–Trinajstić information content (AvgIpc) is 2.70. The van der Waals surface area contributed by atoms with Crippen molar-refractivity contribution in [2.45, 2.75) is 50.4 Å². The minimum atomic E-state index is -1.40. The van der Waals surface area contributed by atoms with Crippen LogP contribution >= 0.6 is 0 Å². The summed E-state index contributed by atoms with van der Waals surface area (Å²) in [4.78, 5) is 4.23. The Bertz CT molecular complexity index is 682. The lowest BCUT2D eigenvalue weighted by molar-refractivity contribution is -0.0414. The molecule has 1 aromatic heterocycles. The van der Waals surface area contributed by atoms with Gasteiger partial charge in [-0.3, -0.25) is 4.98 Å². The van der Waals surface area contributed by atoms with Crippen molar-refractivity contribution in [3.8, 4) is 0 Å². The van der Waals surface area contributed by atoms with Crippen molar-refractivity contribution in [2.24, 2.45) is 0 Å². The summed E-state index contributed by atoms with van der Waals surface area (Å²) in [5, 5.41) is 10.9. The molecule has 7 heteroatoms. The van der Waals surface area contributed by atoms with E-state index in [1.165, 1.54) is 0 Å². The number of benzene rings is 1. The van der Waals surface area contributed by atoms with Crippen molar-refractivity contribution in [3.63, 3.8) is 0 Å². The Hall–Kier alpha value is -1.48. The number of aliphatic hydroxyl groups is 1. The summed E-state index contributed by atoms with van der Waals surface area (Å²) in [7, 11) is 1.55. The zero-order chi connectivity index (χ0) is 20.6. The van der Waals surface area contributed by atoms with Gasteiger partial charge in [0, 0.05) is 24.7 Å². The lowest BCUT2D eigenvalue weighted by Crippen LogP contribution is -2.53. The number of hydrogen-bond acceptors (Lipinski definition) is 6. The summed E-state index contributed by atoms with van der Waals surface area (Å²) in [6.07, 6.45) is 0.0918. The molecule has 0 aliphatic rings. The van der Waals surface area contributed by atoms with Gasteiger partial charge < -0.3 is 19.1 Å². The Balaban J connectivity index is 2.12. The molecular formula is C21H30N2O4S. The van der Waals surface area contributed by atoms with Gasteiger partial charge in [0.25, 0.3) is 0 Å². The van der Waals surface area contributed by atoms with Gasteiger partial charge in [0.15, 0.2) is 0 Å². The predicted molar refractivity (Wildman–Crippen MR) is 111 cm³/mol. The number of rotatable bonds is 10. The highest BCUT2D eigenvalue weighted by atomic mass is 32.2. The molecule has 0 saturated heterocycles. The molecule has 0 spiro atoms. The van der Waals surface area contributed by atoms with Crippen LogP contribution < -0.4 is 4.72 Å². The second-order valence-electron chi connectivity index (χ2n) is 7.50. The fraction of sp³-hybridized carbons (Fsp3) is 0.476. The summed E-state index contributed by atoms with van der Waals surface area (Å²) in [5.41, 5.74) is 1.53. The molecular weight excluding hydrogens is 376 g/mol. The number of methoxy groups -OCH3 is 1. The van der Waals surface area contributed by atoms with Crippen molar-refractivity contribution in [2.75, 3.05) is 13.7 Å². The molecule has 28 heavy (non-hydrogen) atoms. The van der Waals surface area contributed by atoms with Crippen LogP contribution in [0.25, 0.3) is 0 Å². The number of aromatic nitrogens is 1. The first kappa shape index (κ1) is 22.8. The average molecular weight is 407 g/mol. The number of ether oxygens (including phenoxy) is 2. The van der Waals surface area contributed by atoms with Gasteiger partial charge in [-0.25, -0.2) is 0 Å². The third-order valence-corrected chi connectivity index (χ3v) is 5.83. The standard InChI is InChI=1S/C21H30N2O4S/c1-21(2,3)28(25)23-19(20(24)17-12-8-9-13-22-17)18(26-4)15-27-14-16-10-6-5-7-11-16/h5-13,18-20,23-24H,14-15H2,1-4H3/t18-,19+,20+,28-/m1/s1. The van der Waals surface area contributed by atoms with Crippen LogP contribution in [0.2, 0.25) is 0 Å². The number of nitrogens with one attached hydrogen (secondary N) is 1. The van der Waals surface area contributed by atoms with Crippen LogP contribution in [0.4, 0.5) is 0 Å². The minimum absolute atomic E-state index is 0.230.